The summed E-state index contributed by atoms with van der Waals surface area (Å²) >= 11 is 0. The number of hydrogen-bond donors (Lipinski definition) is 1. The topological polar surface area (TPSA) is 65.1 Å². The van der Waals surface area contributed by atoms with Gasteiger partial charge < -0.3 is 24.8 Å². The van der Waals surface area contributed by atoms with Crippen molar-refractivity contribution in [1.82, 2.24) is 9.80 Å². The molecule has 2 aliphatic rings. The molecule has 0 unspecified atom stereocenters. The summed E-state index contributed by atoms with van der Waals surface area (Å²) in [5.74, 6) is 1.09. The number of urea groups is 1. The Morgan fingerprint density at radius 2 is 1.48 bits per heavy atom. The monoisotopic (exact) mass is 422 g/mol. The second-order valence-electron chi connectivity index (χ2n) is 8.07. The van der Waals surface area contributed by atoms with Gasteiger partial charge in [0.2, 0.25) is 5.91 Å². The number of nitrogens with one attached hydrogen (secondary N) is 1. The fourth-order valence-corrected chi connectivity index (χ4v) is 4.29. The number of hydrogen-bond acceptors (Lipinski definition) is 4. The summed E-state index contributed by atoms with van der Waals surface area (Å²) in [6.45, 7) is 4.35. The van der Waals surface area contributed by atoms with Crippen molar-refractivity contribution >= 4 is 23.3 Å². The van der Waals surface area contributed by atoms with E-state index in [0.717, 1.165) is 56.1 Å². The van der Waals surface area contributed by atoms with E-state index < -0.39 is 0 Å². The van der Waals surface area contributed by atoms with Crippen molar-refractivity contribution in [2.45, 2.75) is 12.8 Å². The number of ether oxygens (including phenoxy) is 1. The van der Waals surface area contributed by atoms with Gasteiger partial charge in [-0.3, -0.25) is 4.79 Å². The van der Waals surface area contributed by atoms with Crippen LogP contribution in [0.4, 0.5) is 16.2 Å². The number of piperidine rings is 1. The molecule has 2 heterocycles. The highest BCUT2D eigenvalue weighted by Gasteiger charge is 2.31. The van der Waals surface area contributed by atoms with Gasteiger partial charge >= 0.3 is 6.03 Å². The van der Waals surface area contributed by atoms with E-state index in [9.17, 15) is 9.59 Å². The Labute approximate surface area is 183 Å². The van der Waals surface area contributed by atoms with E-state index >= 15 is 0 Å². The minimum Gasteiger partial charge on any atom is -0.497 e. The number of rotatable bonds is 4. The SMILES string of the molecule is COc1ccc(N2CCN(C(=O)C3CCN(C(=O)Nc4ccccc4)CC3)CC2)cc1. The van der Waals surface area contributed by atoms with Gasteiger partial charge in [0.1, 0.15) is 5.75 Å². The summed E-state index contributed by atoms with van der Waals surface area (Å²) in [5, 5.41) is 2.92. The maximum Gasteiger partial charge on any atom is 0.321 e. The molecule has 1 N–H and O–H groups in total. The lowest BCUT2D eigenvalue weighted by molar-refractivity contribution is -0.137. The lowest BCUT2D eigenvalue weighted by Gasteiger charge is -2.39. The molecular weight excluding hydrogens is 392 g/mol. The molecule has 31 heavy (non-hydrogen) atoms. The van der Waals surface area contributed by atoms with E-state index in [2.05, 4.69) is 22.3 Å². The van der Waals surface area contributed by atoms with Crippen molar-refractivity contribution in [3.05, 3.63) is 54.6 Å². The summed E-state index contributed by atoms with van der Waals surface area (Å²) in [6.07, 6.45) is 1.44. The van der Waals surface area contributed by atoms with Crippen LogP contribution in [-0.4, -0.2) is 68.1 Å². The molecule has 0 radical (unpaired) electrons. The lowest BCUT2D eigenvalue weighted by atomic mass is 9.95. The van der Waals surface area contributed by atoms with Crippen LogP contribution in [-0.2, 0) is 4.79 Å². The van der Waals surface area contributed by atoms with Crippen LogP contribution in [0.15, 0.2) is 54.6 Å². The highest BCUT2D eigenvalue weighted by atomic mass is 16.5. The van der Waals surface area contributed by atoms with E-state index in [0.29, 0.717) is 13.1 Å². The normalized spacial score (nSPS) is 17.4. The third-order valence-corrected chi connectivity index (χ3v) is 6.19. The van der Waals surface area contributed by atoms with Crippen LogP contribution in [0.25, 0.3) is 0 Å². The molecule has 4 rings (SSSR count). The Morgan fingerprint density at radius 3 is 2.10 bits per heavy atom. The third kappa shape index (κ3) is 5.10. The largest absolute Gasteiger partial charge is 0.497 e. The van der Waals surface area contributed by atoms with E-state index in [1.54, 1.807) is 12.0 Å². The molecule has 2 aromatic rings. The molecule has 164 valence electrons. The zero-order valence-corrected chi connectivity index (χ0v) is 18.0. The number of benzene rings is 2. The van der Waals surface area contributed by atoms with Crippen molar-refractivity contribution in [2.24, 2.45) is 5.92 Å². The predicted molar refractivity (Wildman–Crippen MR) is 122 cm³/mol. The Balaban J connectivity index is 1.23. The maximum absolute atomic E-state index is 13.0. The van der Waals surface area contributed by atoms with Gasteiger partial charge in [0.05, 0.1) is 7.11 Å². The smallest absolute Gasteiger partial charge is 0.321 e. The zero-order chi connectivity index (χ0) is 21.6. The molecule has 2 aliphatic heterocycles. The van der Waals surface area contributed by atoms with Crippen molar-refractivity contribution in [1.29, 1.82) is 0 Å². The van der Waals surface area contributed by atoms with Crippen LogP contribution in [0.2, 0.25) is 0 Å². The molecule has 2 aromatic carbocycles. The number of anilines is 2. The second-order valence-corrected chi connectivity index (χ2v) is 8.07. The van der Waals surface area contributed by atoms with E-state index in [-0.39, 0.29) is 17.9 Å². The zero-order valence-electron chi connectivity index (χ0n) is 18.0. The van der Waals surface area contributed by atoms with Gasteiger partial charge in [0.15, 0.2) is 0 Å². The Kier molecular flexibility index (Phi) is 6.60. The molecule has 7 heteroatoms. The van der Waals surface area contributed by atoms with Crippen molar-refractivity contribution in [3.63, 3.8) is 0 Å². The first-order valence-electron chi connectivity index (χ1n) is 10.9. The third-order valence-electron chi connectivity index (χ3n) is 6.19. The van der Waals surface area contributed by atoms with Gasteiger partial charge in [-0.25, -0.2) is 4.79 Å². The summed E-state index contributed by atoms with van der Waals surface area (Å²) in [4.78, 5) is 31.6. The number of methoxy groups -OCH3 is 1. The Bertz CT molecular complexity index is 871. The highest BCUT2D eigenvalue weighted by molar-refractivity contribution is 5.89. The average Bonchev–Trinajstić information content (AvgIpc) is 2.84. The fraction of sp³-hybridized carbons (Fsp3) is 0.417. The molecule has 0 bridgehead atoms. The summed E-state index contributed by atoms with van der Waals surface area (Å²) in [5.41, 5.74) is 1.95. The van der Waals surface area contributed by atoms with Gasteiger partial charge in [-0.2, -0.15) is 0 Å². The number of carbonyl (C=O) groups is 2. The molecule has 2 fully saturated rings. The van der Waals surface area contributed by atoms with Crippen LogP contribution in [0, 0.1) is 5.92 Å². The van der Waals surface area contributed by atoms with E-state index in [4.69, 9.17) is 4.74 Å². The van der Waals surface area contributed by atoms with E-state index in [1.807, 2.05) is 47.4 Å². The van der Waals surface area contributed by atoms with Crippen LogP contribution >= 0.6 is 0 Å². The van der Waals surface area contributed by atoms with Gasteiger partial charge in [-0.15, -0.1) is 0 Å². The minimum atomic E-state index is -0.0924. The first kappa shape index (κ1) is 21.0. The lowest BCUT2D eigenvalue weighted by Crippen LogP contribution is -2.52. The van der Waals surface area contributed by atoms with Gasteiger partial charge in [0.25, 0.3) is 0 Å². The number of carbonyl (C=O) groups excluding carboxylic acids is 2. The van der Waals surface area contributed by atoms with Crippen LogP contribution in [0.5, 0.6) is 5.75 Å². The minimum absolute atomic E-state index is 0.00770. The van der Waals surface area contributed by atoms with Crippen LogP contribution in [0.1, 0.15) is 12.8 Å². The van der Waals surface area contributed by atoms with E-state index in [1.165, 1.54) is 0 Å². The first-order chi connectivity index (χ1) is 15.1. The quantitative estimate of drug-likeness (QED) is 0.821. The molecule has 2 saturated heterocycles. The Morgan fingerprint density at radius 1 is 0.839 bits per heavy atom. The second kappa shape index (κ2) is 9.73. The fourth-order valence-electron chi connectivity index (χ4n) is 4.29. The molecule has 0 aromatic heterocycles. The van der Waals surface area contributed by atoms with Crippen molar-refractivity contribution in [2.75, 3.05) is 56.6 Å². The number of likely N-dealkylation sites (tertiary alicyclic amines) is 1. The van der Waals surface area contributed by atoms with Crippen molar-refractivity contribution < 1.29 is 14.3 Å². The van der Waals surface area contributed by atoms with Gasteiger partial charge in [-0.05, 0) is 49.2 Å². The predicted octanol–water partition coefficient (Wildman–Crippen LogP) is 3.29. The molecule has 0 spiro atoms. The number of piperazine rings is 1. The molecular formula is C24H30N4O3. The highest BCUT2D eigenvalue weighted by Crippen LogP contribution is 2.24. The molecule has 7 nitrogen and oxygen atoms in total. The van der Waals surface area contributed by atoms with Crippen LogP contribution in [0.3, 0.4) is 0 Å². The van der Waals surface area contributed by atoms with Gasteiger partial charge in [-0.1, -0.05) is 18.2 Å². The first-order valence-corrected chi connectivity index (χ1v) is 10.9. The molecule has 0 atom stereocenters. The average molecular weight is 423 g/mol. The maximum atomic E-state index is 13.0. The summed E-state index contributed by atoms with van der Waals surface area (Å²) in [6, 6.07) is 17.4. The standard InChI is InChI=1S/C24H30N4O3/c1-31-22-9-7-21(8-10-22)26-15-17-27(18-16-26)23(29)19-11-13-28(14-12-19)24(30)25-20-5-3-2-4-6-20/h2-10,19H,11-18H2,1H3,(H,25,30). The Hall–Kier alpha value is -3.22. The molecule has 3 amide bonds. The number of amides is 3. The van der Waals surface area contributed by atoms with Crippen molar-refractivity contribution in [3.8, 4) is 5.75 Å². The molecule has 0 saturated carbocycles. The van der Waals surface area contributed by atoms with Crippen LogP contribution < -0.4 is 15.0 Å². The summed E-state index contributed by atoms with van der Waals surface area (Å²) in [7, 11) is 1.67. The summed E-state index contributed by atoms with van der Waals surface area (Å²) < 4.78 is 5.22. The van der Waals surface area contributed by atoms with Gasteiger partial charge in [0, 0.05) is 56.6 Å². The number of para-hydroxylation sites is 1. The number of nitrogens with zero attached hydrogens (tertiary/aromatic N) is 3. The molecule has 0 aliphatic carbocycles.